The van der Waals surface area contributed by atoms with E-state index >= 15 is 0 Å². The third-order valence-electron chi connectivity index (χ3n) is 4.75. The number of aliphatic hydroxyl groups excluding tert-OH is 1. The standard InChI is InChI=1S/C19H20N2O3/c22-12-19(13-24-14-19)11-21-9-7-16-6-8-20(17(16)18(21)23)10-15-4-2-1-3-5-15/h1-9,22H,10-14H2. The Hall–Kier alpha value is -2.37. The Balaban J connectivity index is 1.72. The zero-order valence-electron chi connectivity index (χ0n) is 13.4. The number of ether oxygens (including phenoxy) is 1. The third-order valence-corrected chi connectivity index (χ3v) is 4.75. The molecule has 1 aromatic carbocycles. The lowest BCUT2D eigenvalue weighted by atomic mass is 9.87. The van der Waals surface area contributed by atoms with E-state index in [0.717, 1.165) is 10.9 Å². The Morgan fingerprint density at radius 1 is 1.04 bits per heavy atom. The van der Waals surface area contributed by atoms with Gasteiger partial charge >= 0.3 is 0 Å². The second-order valence-corrected chi connectivity index (χ2v) is 6.63. The molecule has 0 aliphatic carbocycles. The number of nitrogens with zero attached hydrogens (tertiary/aromatic N) is 2. The number of aliphatic hydroxyl groups is 1. The fourth-order valence-corrected chi connectivity index (χ4v) is 3.27. The van der Waals surface area contributed by atoms with Crippen LogP contribution < -0.4 is 5.56 Å². The second-order valence-electron chi connectivity index (χ2n) is 6.63. The van der Waals surface area contributed by atoms with Crippen LogP contribution in [0.5, 0.6) is 0 Å². The van der Waals surface area contributed by atoms with Crippen LogP contribution in [-0.4, -0.2) is 34.1 Å². The van der Waals surface area contributed by atoms with Crippen molar-refractivity contribution < 1.29 is 9.84 Å². The molecule has 0 saturated carbocycles. The van der Waals surface area contributed by atoms with Gasteiger partial charge in [0, 0.05) is 30.9 Å². The number of aromatic nitrogens is 2. The van der Waals surface area contributed by atoms with Crippen molar-refractivity contribution in [2.24, 2.45) is 5.41 Å². The predicted octanol–water partition coefficient (Wildman–Crippen LogP) is 1.86. The van der Waals surface area contributed by atoms with Gasteiger partial charge in [0.25, 0.3) is 5.56 Å². The molecule has 3 heterocycles. The van der Waals surface area contributed by atoms with Crippen molar-refractivity contribution >= 4 is 10.9 Å². The number of pyridine rings is 1. The highest BCUT2D eigenvalue weighted by molar-refractivity contribution is 5.79. The molecule has 2 aromatic heterocycles. The summed E-state index contributed by atoms with van der Waals surface area (Å²) in [6, 6.07) is 14.0. The van der Waals surface area contributed by atoms with Gasteiger partial charge in [-0.25, -0.2) is 0 Å². The number of hydrogen-bond acceptors (Lipinski definition) is 3. The van der Waals surface area contributed by atoms with E-state index in [2.05, 4.69) is 12.1 Å². The monoisotopic (exact) mass is 324 g/mol. The lowest BCUT2D eigenvalue weighted by molar-refractivity contribution is -0.145. The maximum Gasteiger partial charge on any atom is 0.275 e. The van der Waals surface area contributed by atoms with E-state index in [1.54, 1.807) is 4.57 Å². The van der Waals surface area contributed by atoms with Crippen molar-refractivity contribution in [1.82, 2.24) is 9.13 Å². The highest BCUT2D eigenvalue weighted by Crippen LogP contribution is 2.28. The highest BCUT2D eigenvalue weighted by Gasteiger charge is 2.38. The van der Waals surface area contributed by atoms with Crippen molar-refractivity contribution in [3.8, 4) is 0 Å². The van der Waals surface area contributed by atoms with Gasteiger partial charge < -0.3 is 19.0 Å². The molecule has 1 fully saturated rings. The molecule has 3 aromatic rings. The van der Waals surface area contributed by atoms with Crippen LogP contribution in [0.2, 0.25) is 0 Å². The molecule has 1 saturated heterocycles. The lowest BCUT2D eigenvalue weighted by Gasteiger charge is -2.40. The number of benzene rings is 1. The summed E-state index contributed by atoms with van der Waals surface area (Å²) < 4.78 is 8.93. The first kappa shape index (κ1) is 15.2. The molecule has 0 amide bonds. The predicted molar refractivity (Wildman–Crippen MR) is 92.1 cm³/mol. The van der Waals surface area contributed by atoms with E-state index in [1.807, 2.05) is 47.3 Å². The van der Waals surface area contributed by atoms with Crippen molar-refractivity contribution in [3.63, 3.8) is 0 Å². The molecule has 1 N–H and O–H groups in total. The zero-order chi connectivity index (χ0) is 16.6. The molecule has 124 valence electrons. The van der Waals surface area contributed by atoms with Gasteiger partial charge in [0.1, 0.15) is 5.52 Å². The summed E-state index contributed by atoms with van der Waals surface area (Å²) in [7, 11) is 0. The van der Waals surface area contributed by atoms with E-state index in [-0.39, 0.29) is 17.6 Å². The fourth-order valence-electron chi connectivity index (χ4n) is 3.27. The molecular formula is C19H20N2O3. The minimum atomic E-state index is -0.325. The first-order valence-corrected chi connectivity index (χ1v) is 8.12. The van der Waals surface area contributed by atoms with Crippen molar-refractivity contribution in [2.75, 3.05) is 19.8 Å². The molecular weight excluding hydrogens is 304 g/mol. The fraction of sp³-hybridized carbons (Fsp3) is 0.316. The average Bonchev–Trinajstić information content (AvgIpc) is 2.97. The van der Waals surface area contributed by atoms with E-state index in [9.17, 15) is 9.90 Å². The van der Waals surface area contributed by atoms with Gasteiger partial charge in [0.05, 0.1) is 25.2 Å². The molecule has 5 nitrogen and oxygen atoms in total. The zero-order valence-corrected chi connectivity index (χ0v) is 13.4. The Bertz CT molecular complexity index is 902. The summed E-state index contributed by atoms with van der Waals surface area (Å²) in [5.41, 5.74) is 1.51. The van der Waals surface area contributed by atoms with Crippen LogP contribution in [-0.2, 0) is 17.8 Å². The summed E-state index contributed by atoms with van der Waals surface area (Å²) in [5, 5.41) is 10.6. The lowest BCUT2D eigenvalue weighted by Crippen LogP contribution is -2.50. The molecule has 1 aliphatic heterocycles. The number of hydrogen-bond donors (Lipinski definition) is 1. The van der Waals surface area contributed by atoms with E-state index < -0.39 is 0 Å². The summed E-state index contributed by atoms with van der Waals surface area (Å²) in [6.45, 7) is 2.17. The quantitative estimate of drug-likeness (QED) is 0.779. The van der Waals surface area contributed by atoms with Crippen LogP contribution in [0.4, 0.5) is 0 Å². The van der Waals surface area contributed by atoms with E-state index in [1.165, 1.54) is 0 Å². The minimum absolute atomic E-state index is 0.0202. The van der Waals surface area contributed by atoms with Crippen LogP contribution in [0.25, 0.3) is 10.9 Å². The SMILES string of the molecule is O=c1c2c(ccn1CC1(CO)COC1)ccn2Cc1ccccc1. The molecule has 0 radical (unpaired) electrons. The average molecular weight is 324 g/mol. The maximum atomic E-state index is 13.0. The summed E-state index contributed by atoms with van der Waals surface area (Å²) in [5.74, 6) is 0. The smallest absolute Gasteiger partial charge is 0.275 e. The summed E-state index contributed by atoms with van der Waals surface area (Å²) >= 11 is 0. The van der Waals surface area contributed by atoms with Crippen molar-refractivity contribution in [3.05, 3.63) is 70.8 Å². The Morgan fingerprint density at radius 3 is 2.38 bits per heavy atom. The highest BCUT2D eigenvalue weighted by atomic mass is 16.5. The van der Waals surface area contributed by atoms with Crippen molar-refractivity contribution in [2.45, 2.75) is 13.1 Å². The summed E-state index contributed by atoms with van der Waals surface area (Å²) in [6.07, 6.45) is 3.77. The van der Waals surface area contributed by atoms with E-state index in [4.69, 9.17) is 4.74 Å². The van der Waals surface area contributed by atoms with Crippen molar-refractivity contribution in [1.29, 1.82) is 0 Å². The van der Waals surface area contributed by atoms with Gasteiger partial charge in [-0.1, -0.05) is 30.3 Å². The Kier molecular flexibility index (Phi) is 3.75. The molecule has 0 bridgehead atoms. The third kappa shape index (κ3) is 2.56. The largest absolute Gasteiger partial charge is 0.396 e. The van der Waals surface area contributed by atoms with Crippen LogP contribution in [0.3, 0.4) is 0 Å². The Labute approximate surface area is 139 Å². The Morgan fingerprint density at radius 2 is 1.75 bits per heavy atom. The van der Waals surface area contributed by atoms with E-state index in [0.29, 0.717) is 31.8 Å². The topological polar surface area (TPSA) is 56.4 Å². The maximum absolute atomic E-state index is 13.0. The van der Waals surface area contributed by atoms with Gasteiger partial charge in [0.2, 0.25) is 0 Å². The first-order chi connectivity index (χ1) is 11.7. The second kappa shape index (κ2) is 5.92. The van der Waals surface area contributed by atoms with Crippen LogP contribution in [0.1, 0.15) is 5.56 Å². The molecule has 0 unspecified atom stereocenters. The van der Waals surface area contributed by atoms with Crippen LogP contribution >= 0.6 is 0 Å². The number of fused-ring (bicyclic) bond motifs is 1. The van der Waals surface area contributed by atoms with Gasteiger partial charge in [-0.3, -0.25) is 4.79 Å². The molecule has 5 heteroatoms. The molecule has 4 rings (SSSR count). The molecule has 0 atom stereocenters. The van der Waals surface area contributed by atoms with Gasteiger partial charge in [-0.15, -0.1) is 0 Å². The minimum Gasteiger partial charge on any atom is -0.396 e. The van der Waals surface area contributed by atoms with Gasteiger partial charge in [-0.2, -0.15) is 0 Å². The number of rotatable bonds is 5. The molecule has 1 aliphatic rings. The molecule has 24 heavy (non-hydrogen) atoms. The van der Waals surface area contributed by atoms with Crippen LogP contribution in [0.15, 0.2) is 59.7 Å². The summed E-state index contributed by atoms with van der Waals surface area (Å²) in [4.78, 5) is 13.0. The van der Waals surface area contributed by atoms with Gasteiger partial charge in [0.15, 0.2) is 0 Å². The molecule has 0 spiro atoms. The van der Waals surface area contributed by atoms with Gasteiger partial charge in [-0.05, 0) is 17.7 Å². The van der Waals surface area contributed by atoms with Crippen LogP contribution in [0, 0.1) is 5.41 Å². The normalized spacial score (nSPS) is 16.2. The first-order valence-electron chi connectivity index (χ1n) is 8.12.